The van der Waals surface area contributed by atoms with Crippen LogP contribution in [-0.2, 0) is 0 Å². The van der Waals surface area contributed by atoms with E-state index in [0.29, 0.717) is 6.61 Å². The third kappa shape index (κ3) is 2.23. The van der Waals surface area contributed by atoms with Crippen molar-refractivity contribution in [1.82, 2.24) is 15.2 Å². The summed E-state index contributed by atoms with van der Waals surface area (Å²) in [6.07, 6.45) is 3.53. The van der Waals surface area contributed by atoms with Crippen LogP contribution in [0.1, 0.15) is 11.1 Å². The van der Waals surface area contributed by atoms with Gasteiger partial charge in [0.05, 0.1) is 16.4 Å². The summed E-state index contributed by atoms with van der Waals surface area (Å²) in [6.45, 7) is 0.478. The maximum absolute atomic E-state index is 6.06. The first kappa shape index (κ1) is 13.6. The van der Waals surface area contributed by atoms with Crippen molar-refractivity contribution in [3.63, 3.8) is 0 Å². The molecular formula is C18H13N3O2S. The summed E-state index contributed by atoms with van der Waals surface area (Å²) in [5, 5.41) is 7.78. The fourth-order valence-electron chi connectivity index (χ4n) is 2.81. The van der Waals surface area contributed by atoms with Crippen LogP contribution in [0, 0.1) is 0 Å². The van der Waals surface area contributed by atoms with Crippen LogP contribution in [0.3, 0.4) is 0 Å². The van der Waals surface area contributed by atoms with Gasteiger partial charge in [-0.3, -0.25) is 5.10 Å². The van der Waals surface area contributed by atoms with Crippen LogP contribution in [0.25, 0.3) is 21.3 Å². The third-order valence-corrected chi connectivity index (χ3v) is 5.13. The van der Waals surface area contributed by atoms with Gasteiger partial charge in [-0.15, -0.1) is 11.3 Å². The van der Waals surface area contributed by atoms with Crippen molar-refractivity contribution in [3.8, 4) is 22.6 Å². The molecule has 1 atom stereocenters. The number of benzene rings is 2. The first-order valence-corrected chi connectivity index (χ1v) is 8.46. The van der Waals surface area contributed by atoms with Crippen LogP contribution < -0.4 is 9.47 Å². The fraction of sp³-hybridized carbons (Fsp3) is 0.111. The summed E-state index contributed by atoms with van der Waals surface area (Å²) in [5.41, 5.74) is 3.17. The molecule has 3 heterocycles. The second-order valence-corrected chi connectivity index (χ2v) is 6.65. The lowest BCUT2D eigenvalue weighted by atomic mass is 10.1. The minimum absolute atomic E-state index is 0.172. The lowest BCUT2D eigenvalue weighted by molar-refractivity contribution is 0.0912. The van der Waals surface area contributed by atoms with E-state index in [4.69, 9.17) is 14.5 Å². The van der Waals surface area contributed by atoms with Crippen molar-refractivity contribution in [2.24, 2.45) is 0 Å². The maximum atomic E-state index is 6.06. The second kappa shape index (κ2) is 5.35. The van der Waals surface area contributed by atoms with Crippen LogP contribution in [0.5, 0.6) is 11.5 Å². The van der Waals surface area contributed by atoms with E-state index < -0.39 is 0 Å². The molecule has 2 aromatic heterocycles. The molecule has 0 aliphatic carbocycles. The average molecular weight is 335 g/mol. The number of aromatic amines is 1. The number of hydrogen-bond donors (Lipinski definition) is 1. The van der Waals surface area contributed by atoms with Gasteiger partial charge in [0.15, 0.2) is 17.6 Å². The van der Waals surface area contributed by atoms with Crippen molar-refractivity contribution >= 4 is 21.6 Å². The number of hydrogen-bond acceptors (Lipinski definition) is 5. The van der Waals surface area contributed by atoms with E-state index in [-0.39, 0.29) is 6.10 Å². The average Bonchev–Trinajstić information content (AvgIpc) is 3.30. The van der Waals surface area contributed by atoms with E-state index in [9.17, 15) is 0 Å². The van der Waals surface area contributed by atoms with Crippen molar-refractivity contribution in [1.29, 1.82) is 0 Å². The molecule has 4 aromatic rings. The highest BCUT2D eigenvalue weighted by Crippen LogP contribution is 2.38. The number of aromatic nitrogens is 3. The van der Waals surface area contributed by atoms with Crippen molar-refractivity contribution in [3.05, 3.63) is 59.9 Å². The van der Waals surface area contributed by atoms with Gasteiger partial charge in [0.1, 0.15) is 11.6 Å². The normalized spacial score (nSPS) is 16.4. The zero-order chi connectivity index (χ0) is 15.9. The molecule has 24 heavy (non-hydrogen) atoms. The number of ether oxygens (including phenoxy) is 2. The van der Waals surface area contributed by atoms with E-state index in [1.54, 1.807) is 11.3 Å². The summed E-state index contributed by atoms with van der Waals surface area (Å²) in [6, 6.07) is 14.0. The molecule has 0 radical (unpaired) electrons. The van der Waals surface area contributed by atoms with Gasteiger partial charge in [-0.2, -0.15) is 5.10 Å². The van der Waals surface area contributed by atoms with E-state index in [0.717, 1.165) is 37.9 Å². The van der Waals surface area contributed by atoms with Gasteiger partial charge in [-0.25, -0.2) is 4.98 Å². The summed E-state index contributed by atoms with van der Waals surface area (Å²) in [7, 11) is 0. The third-order valence-electron chi connectivity index (χ3n) is 4.02. The molecule has 1 aliphatic rings. The topological polar surface area (TPSA) is 60.0 Å². The van der Waals surface area contributed by atoms with E-state index in [1.165, 1.54) is 0 Å². The Morgan fingerprint density at radius 2 is 2.00 bits per heavy atom. The molecule has 1 aliphatic heterocycles. The van der Waals surface area contributed by atoms with Gasteiger partial charge < -0.3 is 9.47 Å². The zero-order valence-electron chi connectivity index (χ0n) is 12.6. The van der Waals surface area contributed by atoms with E-state index in [1.807, 2.05) is 42.7 Å². The smallest absolute Gasteiger partial charge is 0.184 e. The molecule has 5 nitrogen and oxygen atoms in total. The Labute approximate surface area is 141 Å². The first-order chi connectivity index (χ1) is 11.9. The molecule has 2 aromatic carbocycles. The number of rotatable bonds is 2. The maximum Gasteiger partial charge on any atom is 0.184 e. The van der Waals surface area contributed by atoms with Crippen molar-refractivity contribution in [2.45, 2.75) is 6.10 Å². The summed E-state index contributed by atoms with van der Waals surface area (Å²) >= 11 is 1.64. The molecule has 0 spiro atoms. The number of fused-ring (bicyclic) bond motifs is 2. The highest BCUT2D eigenvalue weighted by atomic mass is 32.1. The Morgan fingerprint density at radius 3 is 2.88 bits per heavy atom. The van der Waals surface area contributed by atoms with Gasteiger partial charge in [-0.1, -0.05) is 18.2 Å². The number of thiazole rings is 1. The SMILES string of the molecule is c1ccc2c(c1)OCC(c1nc3ccc(-c4cn[nH]c4)cc3s1)O2. The van der Waals surface area contributed by atoms with Crippen molar-refractivity contribution in [2.75, 3.05) is 6.61 Å². The largest absolute Gasteiger partial charge is 0.485 e. The number of H-pyrrole nitrogens is 1. The summed E-state index contributed by atoms with van der Waals surface area (Å²) < 4.78 is 13.0. The van der Waals surface area contributed by atoms with Crippen LogP contribution in [0.15, 0.2) is 54.9 Å². The minimum Gasteiger partial charge on any atom is -0.485 e. The van der Waals surface area contributed by atoms with Gasteiger partial charge >= 0.3 is 0 Å². The summed E-state index contributed by atoms with van der Waals surface area (Å²) in [5.74, 6) is 1.56. The predicted octanol–water partition coefficient (Wildman–Crippen LogP) is 4.20. The Morgan fingerprint density at radius 1 is 1.08 bits per heavy atom. The molecular weight excluding hydrogens is 322 g/mol. The minimum atomic E-state index is -0.172. The van der Waals surface area contributed by atoms with E-state index in [2.05, 4.69) is 22.3 Å². The molecule has 1 unspecified atom stereocenters. The number of para-hydroxylation sites is 2. The molecule has 1 N–H and O–H groups in total. The first-order valence-electron chi connectivity index (χ1n) is 7.65. The Bertz CT molecular complexity index is 1010. The number of nitrogens with zero attached hydrogens (tertiary/aromatic N) is 2. The molecule has 0 bridgehead atoms. The lowest BCUT2D eigenvalue weighted by Crippen LogP contribution is -2.21. The van der Waals surface area contributed by atoms with Crippen LogP contribution in [0.2, 0.25) is 0 Å². The molecule has 0 saturated heterocycles. The number of nitrogens with one attached hydrogen (secondary N) is 1. The van der Waals surface area contributed by atoms with Gasteiger partial charge in [0, 0.05) is 11.8 Å². The van der Waals surface area contributed by atoms with Crippen LogP contribution in [-0.4, -0.2) is 21.8 Å². The van der Waals surface area contributed by atoms with Crippen LogP contribution in [0.4, 0.5) is 0 Å². The summed E-state index contributed by atoms with van der Waals surface area (Å²) in [4.78, 5) is 4.72. The molecule has 0 fully saturated rings. The molecule has 5 rings (SSSR count). The monoisotopic (exact) mass is 335 g/mol. The van der Waals surface area contributed by atoms with Crippen molar-refractivity contribution < 1.29 is 9.47 Å². The molecule has 0 amide bonds. The quantitative estimate of drug-likeness (QED) is 0.596. The molecule has 118 valence electrons. The predicted molar refractivity (Wildman–Crippen MR) is 92.5 cm³/mol. The van der Waals surface area contributed by atoms with Crippen LogP contribution >= 0.6 is 11.3 Å². The molecule has 6 heteroatoms. The van der Waals surface area contributed by atoms with Gasteiger partial charge in [0.2, 0.25) is 0 Å². The highest BCUT2D eigenvalue weighted by molar-refractivity contribution is 7.18. The Hall–Kier alpha value is -2.86. The standard InChI is InChI=1S/C18H13N3O2S/c1-2-4-15-14(3-1)22-10-16(23-15)18-21-13-6-5-11(7-17(13)24-18)12-8-19-20-9-12/h1-9,16H,10H2,(H,19,20). The highest BCUT2D eigenvalue weighted by Gasteiger charge is 2.25. The zero-order valence-corrected chi connectivity index (χ0v) is 13.4. The second-order valence-electron chi connectivity index (χ2n) is 5.59. The molecule has 0 saturated carbocycles. The lowest BCUT2D eigenvalue weighted by Gasteiger charge is -2.24. The fourth-order valence-corrected chi connectivity index (χ4v) is 3.83. The van der Waals surface area contributed by atoms with Gasteiger partial charge in [-0.05, 0) is 29.8 Å². The Kier molecular flexibility index (Phi) is 3.02. The van der Waals surface area contributed by atoms with Gasteiger partial charge in [0.25, 0.3) is 0 Å². The van der Waals surface area contributed by atoms with E-state index >= 15 is 0 Å². The Balaban J connectivity index is 1.50.